The highest BCUT2D eigenvalue weighted by Gasteiger charge is 2.19. The molecule has 0 aliphatic carbocycles. The first kappa shape index (κ1) is 29.5. The van der Waals surface area contributed by atoms with Crippen LogP contribution in [-0.4, -0.2) is 16.7 Å². The largest absolute Gasteiger partial charge is 0.457 e. The molecule has 45 heavy (non-hydrogen) atoms. The Hall–Kier alpha value is -6.98. The number of amides is 2. The maximum absolute atomic E-state index is 13.0. The molecule has 0 unspecified atom stereocenters. The van der Waals surface area contributed by atoms with E-state index in [1.165, 1.54) is 6.07 Å². The molecule has 0 aromatic heterocycles. The van der Waals surface area contributed by atoms with E-state index in [-0.39, 0.29) is 11.1 Å². The quantitative estimate of drug-likeness (QED) is 0.131. The molecule has 0 saturated carbocycles. The number of nitrogens with one attached hydrogen (secondary N) is 2. The predicted octanol–water partition coefficient (Wildman–Crippen LogP) is 7.43. The fourth-order valence-corrected chi connectivity index (χ4v) is 4.07. The highest BCUT2D eigenvalue weighted by atomic mass is 16.6. The van der Waals surface area contributed by atoms with Crippen LogP contribution in [-0.2, 0) is 0 Å². The number of carbonyl (C=O) groups is 2. The van der Waals surface area contributed by atoms with Crippen molar-refractivity contribution in [2.75, 3.05) is 10.6 Å². The average molecular weight is 596 g/mol. The lowest BCUT2D eigenvalue weighted by Gasteiger charge is -2.10. The standard InChI is InChI=1S/C34H21N5O6/c35-20-22-1-9-29(10-2-22)44-31-13-5-26(6-14-31)37-33(40)24-17-25(19-28(18-24)39(42)43)34(41)38-27-7-15-32(16-8-27)45-30-11-3-23(21-36)4-12-30/h1-19H,(H,37,40)(H,38,41). The molecule has 5 rings (SSSR count). The first-order valence-electron chi connectivity index (χ1n) is 13.3. The number of ether oxygens (including phenoxy) is 2. The smallest absolute Gasteiger partial charge is 0.271 e. The van der Waals surface area contributed by atoms with Gasteiger partial charge in [-0.05, 0) is 103 Å². The maximum atomic E-state index is 13.0. The second-order valence-corrected chi connectivity index (χ2v) is 9.46. The van der Waals surface area contributed by atoms with Gasteiger partial charge >= 0.3 is 0 Å². The summed E-state index contributed by atoms with van der Waals surface area (Å²) >= 11 is 0. The topological polar surface area (TPSA) is 167 Å². The summed E-state index contributed by atoms with van der Waals surface area (Å²) < 4.78 is 11.5. The van der Waals surface area contributed by atoms with Crippen LogP contribution in [0.4, 0.5) is 17.1 Å². The minimum atomic E-state index is -0.682. The summed E-state index contributed by atoms with van der Waals surface area (Å²) in [6, 6.07) is 33.5. The molecule has 0 spiro atoms. The molecule has 11 nitrogen and oxygen atoms in total. The van der Waals surface area contributed by atoms with Crippen LogP contribution >= 0.6 is 0 Å². The zero-order valence-electron chi connectivity index (χ0n) is 23.3. The summed E-state index contributed by atoms with van der Waals surface area (Å²) in [6.07, 6.45) is 0. The Morgan fingerprint density at radius 1 is 0.578 bits per heavy atom. The number of nitro groups is 1. The van der Waals surface area contributed by atoms with E-state index in [1.807, 2.05) is 12.1 Å². The van der Waals surface area contributed by atoms with Crippen molar-refractivity contribution < 1.29 is 24.0 Å². The number of hydrogen-bond acceptors (Lipinski definition) is 8. The molecule has 0 aliphatic rings. The summed E-state index contributed by atoms with van der Waals surface area (Å²) in [5.41, 5.74) is 1.20. The van der Waals surface area contributed by atoms with Crippen molar-refractivity contribution >= 4 is 28.9 Å². The molecule has 11 heteroatoms. The number of non-ortho nitro benzene ring substituents is 1. The molecule has 0 heterocycles. The minimum absolute atomic E-state index is 0.0848. The van der Waals surface area contributed by atoms with Gasteiger partial charge in [-0.15, -0.1) is 0 Å². The summed E-state index contributed by atoms with van der Waals surface area (Å²) in [5.74, 6) is 0.721. The van der Waals surface area contributed by atoms with Crippen LogP contribution in [0.25, 0.3) is 0 Å². The molecule has 0 atom stereocenters. The highest BCUT2D eigenvalue weighted by Crippen LogP contribution is 2.26. The summed E-state index contributed by atoms with van der Waals surface area (Å²) in [7, 11) is 0. The van der Waals surface area contributed by atoms with Crippen molar-refractivity contribution in [1.29, 1.82) is 10.5 Å². The van der Waals surface area contributed by atoms with Gasteiger partial charge in [0.1, 0.15) is 23.0 Å². The van der Waals surface area contributed by atoms with Gasteiger partial charge in [-0.3, -0.25) is 19.7 Å². The van der Waals surface area contributed by atoms with Crippen LogP contribution < -0.4 is 20.1 Å². The number of nitro benzene ring substituents is 1. The Bertz CT molecular complexity index is 1820. The van der Waals surface area contributed by atoms with Crippen LogP contribution in [0.15, 0.2) is 115 Å². The van der Waals surface area contributed by atoms with Crippen LogP contribution in [0.2, 0.25) is 0 Å². The monoisotopic (exact) mass is 595 g/mol. The number of anilines is 2. The molecule has 5 aromatic carbocycles. The lowest BCUT2D eigenvalue weighted by Crippen LogP contribution is -2.16. The number of nitrogens with zero attached hydrogens (tertiary/aromatic N) is 3. The Morgan fingerprint density at radius 2 is 0.911 bits per heavy atom. The number of benzene rings is 5. The van der Waals surface area contributed by atoms with E-state index in [0.717, 1.165) is 12.1 Å². The van der Waals surface area contributed by atoms with Crippen molar-refractivity contribution in [3.8, 4) is 35.1 Å². The number of nitriles is 2. The van der Waals surface area contributed by atoms with Gasteiger partial charge < -0.3 is 20.1 Å². The van der Waals surface area contributed by atoms with Gasteiger partial charge in [-0.25, -0.2) is 0 Å². The lowest BCUT2D eigenvalue weighted by molar-refractivity contribution is -0.384. The highest BCUT2D eigenvalue weighted by molar-refractivity contribution is 6.09. The minimum Gasteiger partial charge on any atom is -0.457 e. The van der Waals surface area contributed by atoms with Crippen molar-refractivity contribution in [3.63, 3.8) is 0 Å². The molecule has 2 amide bonds. The van der Waals surface area contributed by atoms with Gasteiger partial charge in [-0.1, -0.05) is 0 Å². The number of carbonyl (C=O) groups excluding carboxylic acids is 2. The molecular weight excluding hydrogens is 574 g/mol. The lowest BCUT2D eigenvalue weighted by atomic mass is 10.1. The van der Waals surface area contributed by atoms with E-state index in [9.17, 15) is 19.7 Å². The zero-order valence-corrected chi connectivity index (χ0v) is 23.3. The third-order valence-electron chi connectivity index (χ3n) is 6.32. The molecule has 5 aromatic rings. The summed E-state index contributed by atoms with van der Waals surface area (Å²) in [6.45, 7) is 0. The van der Waals surface area contributed by atoms with Crippen LogP contribution in [0.3, 0.4) is 0 Å². The van der Waals surface area contributed by atoms with E-state index in [1.54, 1.807) is 97.1 Å². The zero-order chi connectivity index (χ0) is 31.8. The first-order chi connectivity index (χ1) is 21.8. The van der Waals surface area contributed by atoms with Crippen LogP contribution in [0, 0.1) is 32.8 Å². The molecule has 2 N–H and O–H groups in total. The van der Waals surface area contributed by atoms with E-state index in [0.29, 0.717) is 45.5 Å². The van der Waals surface area contributed by atoms with Gasteiger partial charge in [0, 0.05) is 34.6 Å². The van der Waals surface area contributed by atoms with E-state index in [4.69, 9.17) is 20.0 Å². The summed E-state index contributed by atoms with van der Waals surface area (Å²) in [4.78, 5) is 37.0. The normalized spacial score (nSPS) is 10.1. The molecule has 0 bridgehead atoms. The SMILES string of the molecule is N#Cc1ccc(Oc2ccc(NC(=O)c3cc(C(=O)Nc4ccc(Oc5ccc(C#N)cc5)cc4)cc([N+](=O)[O-])c3)cc2)cc1. The molecule has 0 radical (unpaired) electrons. The Labute approximate surface area is 256 Å². The van der Waals surface area contributed by atoms with Crippen molar-refractivity contribution in [2.24, 2.45) is 0 Å². The third kappa shape index (κ3) is 7.65. The molecule has 0 saturated heterocycles. The first-order valence-corrected chi connectivity index (χ1v) is 13.3. The van der Waals surface area contributed by atoms with Crippen molar-refractivity contribution in [2.45, 2.75) is 0 Å². The Balaban J connectivity index is 1.25. The maximum Gasteiger partial charge on any atom is 0.271 e. The fraction of sp³-hybridized carbons (Fsp3) is 0. The fourth-order valence-electron chi connectivity index (χ4n) is 4.07. The van der Waals surface area contributed by atoms with Crippen molar-refractivity contribution in [1.82, 2.24) is 0 Å². The second-order valence-electron chi connectivity index (χ2n) is 9.46. The number of rotatable bonds is 9. The predicted molar refractivity (Wildman–Crippen MR) is 164 cm³/mol. The van der Waals surface area contributed by atoms with Gasteiger partial charge in [-0.2, -0.15) is 10.5 Å². The third-order valence-corrected chi connectivity index (χ3v) is 6.32. The van der Waals surface area contributed by atoms with E-state index in [2.05, 4.69) is 10.6 Å². The van der Waals surface area contributed by atoms with E-state index >= 15 is 0 Å². The van der Waals surface area contributed by atoms with Crippen LogP contribution in [0.5, 0.6) is 23.0 Å². The van der Waals surface area contributed by atoms with Gasteiger partial charge in [0.2, 0.25) is 0 Å². The second kappa shape index (κ2) is 13.3. The Kier molecular flexibility index (Phi) is 8.74. The van der Waals surface area contributed by atoms with Crippen LogP contribution in [0.1, 0.15) is 31.8 Å². The van der Waals surface area contributed by atoms with E-state index < -0.39 is 22.4 Å². The van der Waals surface area contributed by atoms with Gasteiger partial charge in [0.25, 0.3) is 17.5 Å². The average Bonchev–Trinajstić information content (AvgIpc) is 3.07. The molecular formula is C34H21N5O6. The summed E-state index contributed by atoms with van der Waals surface area (Å²) in [5, 5.41) is 34.8. The molecule has 218 valence electrons. The number of hydrogen-bond donors (Lipinski definition) is 2. The van der Waals surface area contributed by atoms with Crippen molar-refractivity contribution in [3.05, 3.63) is 148 Å². The molecule has 0 aliphatic heterocycles. The Morgan fingerprint density at radius 3 is 1.22 bits per heavy atom. The van der Waals surface area contributed by atoms with Gasteiger partial charge in [0.15, 0.2) is 0 Å². The molecule has 0 fully saturated rings. The van der Waals surface area contributed by atoms with Gasteiger partial charge in [0.05, 0.1) is 28.2 Å².